The van der Waals surface area contributed by atoms with Gasteiger partial charge < -0.3 is 39.4 Å². The minimum Gasteiger partial charge on any atom is -0.493 e. The van der Waals surface area contributed by atoms with Gasteiger partial charge >= 0.3 is 0 Å². The normalized spacial score (nSPS) is 37.7. The first kappa shape index (κ1) is 22.8. The number of aliphatic hydroxyl groups excluding tert-OH is 4. The van der Waals surface area contributed by atoms with Crippen molar-refractivity contribution in [3.05, 3.63) is 47.1 Å². The van der Waals surface area contributed by atoms with E-state index in [4.69, 9.17) is 18.9 Å². The maximum absolute atomic E-state index is 10.4. The van der Waals surface area contributed by atoms with Gasteiger partial charge in [0.25, 0.3) is 0 Å². The van der Waals surface area contributed by atoms with E-state index in [9.17, 15) is 20.4 Å². The third-order valence-electron chi connectivity index (χ3n) is 7.42. The van der Waals surface area contributed by atoms with Crippen LogP contribution in [0.15, 0.2) is 35.9 Å². The summed E-state index contributed by atoms with van der Waals surface area (Å²) in [7, 11) is 3.27. The molecule has 0 aromatic heterocycles. The largest absolute Gasteiger partial charge is 0.493 e. The molecule has 4 N–H and O–H groups in total. The van der Waals surface area contributed by atoms with Gasteiger partial charge in [-0.25, -0.2) is 0 Å². The topological polar surface area (TPSA) is 121 Å². The van der Waals surface area contributed by atoms with E-state index in [1.54, 1.807) is 14.2 Å². The number of benzene rings is 1. The Morgan fingerprint density at radius 3 is 2.67 bits per heavy atom. The van der Waals surface area contributed by atoms with Gasteiger partial charge in [-0.15, -0.1) is 0 Å². The summed E-state index contributed by atoms with van der Waals surface area (Å²) in [6, 6.07) is 3.88. The van der Waals surface area contributed by atoms with Crippen molar-refractivity contribution in [1.29, 1.82) is 0 Å². The Morgan fingerprint density at radius 1 is 1.12 bits per heavy atom. The number of aliphatic hydroxyl groups is 4. The van der Waals surface area contributed by atoms with Crippen molar-refractivity contribution in [3.8, 4) is 11.5 Å². The molecule has 0 saturated carbocycles. The summed E-state index contributed by atoms with van der Waals surface area (Å²) < 4.78 is 22.8. The van der Waals surface area contributed by atoms with Crippen molar-refractivity contribution in [3.63, 3.8) is 0 Å². The van der Waals surface area contributed by atoms with Crippen molar-refractivity contribution in [2.45, 2.75) is 55.2 Å². The van der Waals surface area contributed by atoms with Crippen LogP contribution in [-0.4, -0.2) is 96.1 Å². The molecule has 1 aromatic rings. The van der Waals surface area contributed by atoms with Gasteiger partial charge in [0.05, 0.1) is 25.4 Å². The number of methoxy groups -OCH3 is 2. The van der Waals surface area contributed by atoms with Crippen molar-refractivity contribution in [2.75, 3.05) is 33.9 Å². The number of ether oxygens (including phenoxy) is 4. The highest BCUT2D eigenvalue weighted by atomic mass is 16.7. The van der Waals surface area contributed by atoms with Crippen LogP contribution in [0, 0.1) is 0 Å². The predicted molar refractivity (Wildman–Crippen MR) is 117 cm³/mol. The van der Waals surface area contributed by atoms with Gasteiger partial charge in [-0.1, -0.05) is 18.2 Å². The van der Waals surface area contributed by atoms with Gasteiger partial charge in [-0.05, 0) is 35.3 Å². The molecule has 180 valence electrons. The third-order valence-corrected chi connectivity index (χ3v) is 7.42. The van der Waals surface area contributed by atoms with E-state index in [-0.39, 0.29) is 11.6 Å². The summed E-state index contributed by atoms with van der Waals surface area (Å²) in [6.07, 6.45) is 1.37. The van der Waals surface area contributed by atoms with Crippen LogP contribution in [0.3, 0.4) is 0 Å². The Hall–Kier alpha value is -1.98. The summed E-state index contributed by atoms with van der Waals surface area (Å²) in [4.78, 5) is 2.47. The molecular weight excluding hydrogens is 430 g/mol. The van der Waals surface area contributed by atoms with Crippen molar-refractivity contribution >= 4 is 0 Å². The molecule has 9 heteroatoms. The maximum atomic E-state index is 10.4. The van der Waals surface area contributed by atoms with E-state index < -0.39 is 37.3 Å². The number of fused-ring (bicyclic) bond motifs is 1. The first-order valence-corrected chi connectivity index (χ1v) is 11.3. The predicted octanol–water partition coefficient (Wildman–Crippen LogP) is -0.158. The van der Waals surface area contributed by atoms with E-state index >= 15 is 0 Å². The molecule has 1 aromatic carbocycles. The van der Waals surface area contributed by atoms with Crippen LogP contribution < -0.4 is 9.47 Å². The fourth-order valence-corrected chi connectivity index (χ4v) is 5.61. The lowest BCUT2D eigenvalue weighted by Gasteiger charge is -2.48. The minimum absolute atomic E-state index is 0.00439. The summed E-state index contributed by atoms with van der Waals surface area (Å²) in [5.74, 6) is 0.834. The molecule has 4 aliphatic rings. The molecule has 33 heavy (non-hydrogen) atoms. The standard InChI is InChI=1S/C24H31NO8/c1-30-15-4-3-14-6-8-25-7-5-13-9-18(17(31-2)10-16(13)24(14,25)11-15)32-23-22(29)21(28)20(27)19(12-26)33-23/h3-4,6,9-10,15,19-23,26-29H,5,7-8,11-12H2,1-2H3/t15-,19+,20+,21-,22+,23+,24+/m0/s1. The van der Waals surface area contributed by atoms with Gasteiger partial charge in [0, 0.05) is 26.6 Å². The third kappa shape index (κ3) is 3.50. The maximum Gasteiger partial charge on any atom is 0.229 e. The van der Waals surface area contributed by atoms with Gasteiger partial charge in [0.2, 0.25) is 6.29 Å². The summed E-state index contributed by atoms with van der Waals surface area (Å²) in [5.41, 5.74) is 3.20. The van der Waals surface area contributed by atoms with Crippen LogP contribution in [0.1, 0.15) is 17.5 Å². The number of hydrogen-bond donors (Lipinski definition) is 4. The van der Waals surface area contributed by atoms with Crippen molar-refractivity contribution in [1.82, 2.24) is 4.90 Å². The Balaban J connectivity index is 1.51. The average molecular weight is 462 g/mol. The molecule has 1 aliphatic carbocycles. The molecule has 0 amide bonds. The summed E-state index contributed by atoms with van der Waals surface area (Å²) in [6.45, 7) is 1.23. The Labute approximate surface area is 192 Å². The van der Waals surface area contributed by atoms with Crippen LogP contribution in [0.4, 0.5) is 0 Å². The molecule has 7 atom stereocenters. The highest BCUT2D eigenvalue weighted by Gasteiger charge is 2.51. The smallest absolute Gasteiger partial charge is 0.229 e. The molecule has 0 unspecified atom stereocenters. The summed E-state index contributed by atoms with van der Waals surface area (Å²) in [5, 5.41) is 40.0. The molecule has 0 bridgehead atoms. The summed E-state index contributed by atoms with van der Waals surface area (Å²) >= 11 is 0. The van der Waals surface area contributed by atoms with Gasteiger partial charge in [0.1, 0.15) is 24.4 Å². The number of rotatable bonds is 5. The number of hydrogen-bond acceptors (Lipinski definition) is 9. The lowest BCUT2D eigenvalue weighted by molar-refractivity contribution is -0.277. The fourth-order valence-electron chi connectivity index (χ4n) is 5.61. The highest BCUT2D eigenvalue weighted by molar-refractivity contribution is 5.57. The van der Waals surface area contributed by atoms with Gasteiger partial charge in [-0.2, -0.15) is 0 Å². The fraction of sp³-hybridized carbons (Fsp3) is 0.583. The van der Waals surface area contributed by atoms with Crippen molar-refractivity contribution < 1.29 is 39.4 Å². The molecule has 1 saturated heterocycles. The highest BCUT2D eigenvalue weighted by Crippen LogP contribution is 2.52. The zero-order valence-electron chi connectivity index (χ0n) is 18.8. The molecule has 0 radical (unpaired) electrons. The Morgan fingerprint density at radius 2 is 1.94 bits per heavy atom. The second-order valence-corrected chi connectivity index (χ2v) is 9.03. The second kappa shape index (κ2) is 8.66. The Kier molecular flexibility index (Phi) is 5.98. The first-order valence-electron chi connectivity index (χ1n) is 11.3. The zero-order chi connectivity index (χ0) is 23.3. The van der Waals surface area contributed by atoms with Gasteiger partial charge in [0.15, 0.2) is 11.5 Å². The average Bonchev–Trinajstić information content (AvgIpc) is 3.22. The van der Waals surface area contributed by atoms with E-state index in [1.807, 2.05) is 12.1 Å². The van der Waals surface area contributed by atoms with Crippen LogP contribution in [0.25, 0.3) is 0 Å². The van der Waals surface area contributed by atoms with Crippen molar-refractivity contribution in [2.24, 2.45) is 0 Å². The number of nitrogens with zero attached hydrogens (tertiary/aromatic N) is 1. The Bertz CT molecular complexity index is 962. The lowest BCUT2D eigenvalue weighted by atomic mass is 9.71. The molecule has 1 spiro atoms. The molecule has 3 heterocycles. The quantitative estimate of drug-likeness (QED) is 0.474. The van der Waals surface area contributed by atoms with E-state index in [1.165, 1.54) is 5.57 Å². The zero-order valence-corrected chi connectivity index (χ0v) is 18.8. The van der Waals surface area contributed by atoms with Crippen LogP contribution in [0.5, 0.6) is 11.5 Å². The first-order chi connectivity index (χ1) is 15.9. The molecular formula is C24H31NO8. The monoisotopic (exact) mass is 461 g/mol. The van der Waals surface area contributed by atoms with E-state index in [0.29, 0.717) is 11.5 Å². The molecule has 5 rings (SSSR count). The van der Waals surface area contributed by atoms with E-state index in [0.717, 1.165) is 37.1 Å². The van der Waals surface area contributed by atoms with Crippen LogP contribution in [-0.2, 0) is 21.4 Å². The molecule has 9 nitrogen and oxygen atoms in total. The van der Waals surface area contributed by atoms with E-state index in [2.05, 4.69) is 23.1 Å². The van der Waals surface area contributed by atoms with Gasteiger partial charge in [-0.3, -0.25) is 4.90 Å². The lowest BCUT2D eigenvalue weighted by Crippen LogP contribution is -2.60. The second-order valence-electron chi connectivity index (χ2n) is 9.03. The van der Waals surface area contributed by atoms with Crippen LogP contribution >= 0.6 is 0 Å². The molecule has 3 aliphatic heterocycles. The molecule has 1 fully saturated rings. The minimum atomic E-state index is -1.51. The van der Waals surface area contributed by atoms with Crippen LogP contribution in [0.2, 0.25) is 0 Å². The SMILES string of the molecule is COc1cc2c(cc1O[C@@H]1O[C@H](CO)[C@@H](O)[C@H](O)[C@H]1O)CCN1CC=C3C=C[C@H](OC)C[C@@]321.